The third kappa shape index (κ3) is 4.63. The van der Waals surface area contributed by atoms with Gasteiger partial charge in [0.2, 0.25) is 0 Å². The van der Waals surface area contributed by atoms with Gasteiger partial charge in [-0.3, -0.25) is 9.36 Å². The Labute approximate surface area is 189 Å². The number of hydrogen-bond donors (Lipinski definition) is 0. The zero-order valence-corrected chi connectivity index (χ0v) is 18.9. The van der Waals surface area contributed by atoms with Crippen LogP contribution in [0, 0.1) is 0 Å². The standard InChI is InChI=1S/C23H23ClN2O4S/c1-14(17-7-3-4-8-19(17)24)31-23-25-20-12-15(22(28)29-2)9-10-18(20)21(27)26(23)13-16-6-5-11-30-16/h3-4,7-10,12,14,16H,5-6,11,13H2,1-2H3. The van der Waals surface area contributed by atoms with Crippen molar-refractivity contribution < 1.29 is 14.3 Å². The Morgan fingerprint density at radius 2 is 2.16 bits per heavy atom. The second-order valence-corrected chi connectivity index (χ2v) is 9.17. The first-order valence-electron chi connectivity index (χ1n) is 10.1. The summed E-state index contributed by atoms with van der Waals surface area (Å²) in [4.78, 5) is 30.1. The topological polar surface area (TPSA) is 70.4 Å². The smallest absolute Gasteiger partial charge is 0.337 e. The Morgan fingerprint density at radius 1 is 1.35 bits per heavy atom. The molecule has 3 aromatic rings. The van der Waals surface area contributed by atoms with Crippen molar-refractivity contribution >= 4 is 40.2 Å². The molecule has 0 N–H and O–H groups in total. The van der Waals surface area contributed by atoms with E-state index in [-0.39, 0.29) is 16.9 Å². The van der Waals surface area contributed by atoms with Crippen molar-refractivity contribution in [2.75, 3.05) is 13.7 Å². The number of nitrogens with zero attached hydrogens (tertiary/aromatic N) is 2. The van der Waals surface area contributed by atoms with Crippen molar-refractivity contribution in [2.45, 2.75) is 42.8 Å². The van der Waals surface area contributed by atoms with Gasteiger partial charge >= 0.3 is 5.97 Å². The molecule has 31 heavy (non-hydrogen) atoms. The molecule has 0 saturated carbocycles. The lowest BCUT2D eigenvalue weighted by atomic mass is 10.1. The van der Waals surface area contributed by atoms with Gasteiger partial charge in [-0.2, -0.15) is 0 Å². The number of esters is 1. The second kappa shape index (κ2) is 9.42. The van der Waals surface area contributed by atoms with Crippen LogP contribution in [0.1, 0.15) is 40.9 Å². The van der Waals surface area contributed by atoms with Crippen LogP contribution in [-0.2, 0) is 16.0 Å². The second-order valence-electron chi connectivity index (χ2n) is 7.45. The van der Waals surface area contributed by atoms with Crippen LogP contribution in [0.4, 0.5) is 0 Å². The van der Waals surface area contributed by atoms with Crippen LogP contribution in [0.15, 0.2) is 52.4 Å². The number of methoxy groups -OCH3 is 1. The van der Waals surface area contributed by atoms with E-state index in [0.717, 1.165) is 18.4 Å². The Morgan fingerprint density at radius 3 is 2.87 bits per heavy atom. The monoisotopic (exact) mass is 458 g/mol. The molecule has 1 aliphatic rings. The van der Waals surface area contributed by atoms with Crippen LogP contribution in [0.25, 0.3) is 10.9 Å². The molecule has 0 radical (unpaired) electrons. The number of benzene rings is 2. The summed E-state index contributed by atoms with van der Waals surface area (Å²) in [6, 6.07) is 12.5. The molecule has 0 spiro atoms. The first-order chi connectivity index (χ1) is 15.0. The molecule has 0 bridgehead atoms. The van der Waals surface area contributed by atoms with Gasteiger partial charge < -0.3 is 9.47 Å². The van der Waals surface area contributed by atoms with Gasteiger partial charge in [0.15, 0.2) is 5.16 Å². The molecule has 8 heteroatoms. The Kier molecular flexibility index (Phi) is 6.65. The minimum Gasteiger partial charge on any atom is -0.465 e. The fourth-order valence-electron chi connectivity index (χ4n) is 3.71. The number of rotatable bonds is 6. The SMILES string of the molecule is COC(=O)c1ccc2c(=O)n(CC3CCCO3)c(SC(C)c3ccccc3Cl)nc2c1. The molecule has 1 aliphatic heterocycles. The summed E-state index contributed by atoms with van der Waals surface area (Å²) in [5, 5.41) is 1.67. The first-order valence-corrected chi connectivity index (χ1v) is 11.4. The summed E-state index contributed by atoms with van der Waals surface area (Å²) in [5.41, 5.74) is 1.64. The van der Waals surface area contributed by atoms with Crippen molar-refractivity contribution in [3.63, 3.8) is 0 Å². The van der Waals surface area contributed by atoms with Crippen molar-refractivity contribution in [3.8, 4) is 0 Å². The number of hydrogen-bond acceptors (Lipinski definition) is 6. The molecule has 2 unspecified atom stereocenters. The molecule has 0 aliphatic carbocycles. The summed E-state index contributed by atoms with van der Waals surface area (Å²) in [6.45, 7) is 3.18. The number of thioether (sulfide) groups is 1. The lowest BCUT2D eigenvalue weighted by Crippen LogP contribution is -2.29. The van der Waals surface area contributed by atoms with E-state index in [4.69, 9.17) is 26.1 Å². The number of fused-ring (bicyclic) bond motifs is 1. The summed E-state index contributed by atoms with van der Waals surface area (Å²) < 4.78 is 12.3. The molecule has 2 atom stereocenters. The average Bonchev–Trinajstić information content (AvgIpc) is 3.29. The van der Waals surface area contributed by atoms with E-state index in [9.17, 15) is 9.59 Å². The van der Waals surface area contributed by atoms with Crippen LogP contribution in [0.3, 0.4) is 0 Å². The maximum Gasteiger partial charge on any atom is 0.337 e. The number of carbonyl (C=O) groups is 1. The molecule has 6 nitrogen and oxygen atoms in total. The van der Waals surface area contributed by atoms with E-state index in [0.29, 0.717) is 39.8 Å². The summed E-state index contributed by atoms with van der Waals surface area (Å²) in [6.07, 6.45) is 1.89. The van der Waals surface area contributed by atoms with Crippen molar-refractivity contribution in [1.82, 2.24) is 9.55 Å². The zero-order valence-electron chi connectivity index (χ0n) is 17.3. The minimum atomic E-state index is -0.467. The van der Waals surface area contributed by atoms with E-state index in [1.54, 1.807) is 22.8 Å². The van der Waals surface area contributed by atoms with Gasteiger partial charge in [0.25, 0.3) is 5.56 Å². The van der Waals surface area contributed by atoms with Crippen LogP contribution in [-0.4, -0.2) is 35.3 Å². The highest BCUT2D eigenvalue weighted by Crippen LogP contribution is 2.37. The van der Waals surface area contributed by atoms with Crippen molar-refractivity contribution in [1.29, 1.82) is 0 Å². The van der Waals surface area contributed by atoms with E-state index in [2.05, 4.69) is 0 Å². The van der Waals surface area contributed by atoms with Gasteiger partial charge in [0.05, 0.1) is 36.2 Å². The minimum absolute atomic E-state index is 0.0127. The molecule has 2 aromatic carbocycles. The van der Waals surface area contributed by atoms with Gasteiger partial charge in [0, 0.05) is 16.9 Å². The number of aromatic nitrogens is 2. The van der Waals surface area contributed by atoms with Crippen LogP contribution in [0.5, 0.6) is 0 Å². The Bertz CT molecular complexity index is 1170. The first kappa shape index (κ1) is 21.9. The summed E-state index contributed by atoms with van der Waals surface area (Å²) in [5.74, 6) is -0.467. The lowest BCUT2D eigenvalue weighted by molar-refractivity contribution is 0.0601. The van der Waals surface area contributed by atoms with E-state index < -0.39 is 5.97 Å². The lowest BCUT2D eigenvalue weighted by Gasteiger charge is -2.19. The third-order valence-corrected chi connectivity index (χ3v) is 6.85. The Balaban J connectivity index is 1.79. The van der Waals surface area contributed by atoms with Crippen molar-refractivity contribution in [3.05, 3.63) is 69.0 Å². The van der Waals surface area contributed by atoms with Gasteiger partial charge in [-0.05, 0) is 49.6 Å². The van der Waals surface area contributed by atoms with Gasteiger partial charge in [0.1, 0.15) is 0 Å². The maximum absolute atomic E-state index is 13.4. The molecule has 162 valence electrons. The van der Waals surface area contributed by atoms with Gasteiger partial charge in [-0.25, -0.2) is 9.78 Å². The van der Waals surface area contributed by atoms with Crippen LogP contribution in [0.2, 0.25) is 5.02 Å². The quantitative estimate of drug-likeness (QED) is 0.298. The molecule has 1 aromatic heterocycles. The van der Waals surface area contributed by atoms with Crippen LogP contribution < -0.4 is 5.56 Å². The average molecular weight is 459 g/mol. The fraction of sp³-hybridized carbons (Fsp3) is 0.348. The molecular weight excluding hydrogens is 436 g/mol. The normalized spacial score (nSPS) is 17.1. The highest BCUT2D eigenvalue weighted by atomic mass is 35.5. The molecule has 2 heterocycles. The fourth-order valence-corrected chi connectivity index (χ4v) is 5.16. The molecule has 4 rings (SSSR count). The molecular formula is C23H23ClN2O4S. The number of halogens is 1. The predicted octanol–water partition coefficient (Wildman–Crippen LogP) is 4.87. The van der Waals surface area contributed by atoms with Gasteiger partial charge in [-0.15, -0.1) is 0 Å². The maximum atomic E-state index is 13.4. The largest absolute Gasteiger partial charge is 0.465 e. The third-order valence-electron chi connectivity index (χ3n) is 5.38. The summed E-state index contributed by atoms with van der Waals surface area (Å²) in [7, 11) is 1.33. The highest BCUT2D eigenvalue weighted by Gasteiger charge is 2.22. The number of ether oxygens (including phenoxy) is 2. The van der Waals surface area contributed by atoms with E-state index in [1.807, 2.05) is 31.2 Å². The highest BCUT2D eigenvalue weighted by molar-refractivity contribution is 7.99. The molecule has 1 fully saturated rings. The van der Waals surface area contributed by atoms with Crippen LogP contribution >= 0.6 is 23.4 Å². The predicted molar refractivity (Wildman–Crippen MR) is 122 cm³/mol. The number of carbonyl (C=O) groups excluding carboxylic acids is 1. The zero-order chi connectivity index (χ0) is 22.0. The molecule has 0 amide bonds. The Hall–Kier alpha value is -2.35. The van der Waals surface area contributed by atoms with Crippen molar-refractivity contribution in [2.24, 2.45) is 0 Å². The molecule has 1 saturated heterocycles. The van der Waals surface area contributed by atoms with E-state index in [1.165, 1.54) is 18.9 Å². The van der Waals surface area contributed by atoms with Gasteiger partial charge in [-0.1, -0.05) is 41.6 Å². The van der Waals surface area contributed by atoms with E-state index >= 15 is 0 Å². The summed E-state index contributed by atoms with van der Waals surface area (Å²) >= 11 is 7.85.